The lowest BCUT2D eigenvalue weighted by atomic mass is 9.99. The summed E-state index contributed by atoms with van der Waals surface area (Å²) in [5.74, 6) is -0.0775. The molecule has 0 radical (unpaired) electrons. The Labute approximate surface area is 92.0 Å². The first-order chi connectivity index (χ1) is 7.68. The van der Waals surface area contributed by atoms with Crippen molar-refractivity contribution in [3.05, 3.63) is 42.4 Å². The third kappa shape index (κ3) is 1.93. The van der Waals surface area contributed by atoms with E-state index in [1.165, 1.54) is 12.3 Å². The number of allylic oxidation sites excluding steroid dienone is 1. The van der Waals surface area contributed by atoms with Crippen molar-refractivity contribution in [2.45, 2.75) is 12.5 Å². The van der Waals surface area contributed by atoms with Gasteiger partial charge in [0.15, 0.2) is 5.78 Å². The first-order valence-electron chi connectivity index (χ1n) is 4.80. The number of pyridine rings is 1. The highest BCUT2D eigenvalue weighted by Crippen LogP contribution is 2.27. The Morgan fingerprint density at radius 3 is 3.00 bits per heavy atom. The molecule has 16 heavy (non-hydrogen) atoms. The van der Waals surface area contributed by atoms with E-state index in [0.29, 0.717) is 0 Å². The van der Waals surface area contributed by atoms with Gasteiger partial charge in [-0.2, -0.15) is 0 Å². The second-order valence-electron chi connectivity index (χ2n) is 3.48. The first-order valence-corrected chi connectivity index (χ1v) is 4.80. The molecule has 0 spiro atoms. The molecule has 2 heterocycles. The molecule has 0 aromatic carbocycles. The van der Waals surface area contributed by atoms with Gasteiger partial charge < -0.3 is 5.11 Å². The lowest BCUT2D eigenvalue weighted by Crippen LogP contribution is -2.33. The van der Waals surface area contributed by atoms with Gasteiger partial charge in [0, 0.05) is 25.0 Å². The molecular formula is C11H10N2O3. The van der Waals surface area contributed by atoms with Gasteiger partial charge in [-0.3, -0.25) is 14.7 Å². The van der Waals surface area contributed by atoms with Crippen molar-refractivity contribution in [3.63, 3.8) is 0 Å². The molecule has 82 valence electrons. The molecule has 0 saturated carbocycles. The summed E-state index contributed by atoms with van der Waals surface area (Å²) < 4.78 is 0. The van der Waals surface area contributed by atoms with E-state index in [9.17, 15) is 9.59 Å². The summed E-state index contributed by atoms with van der Waals surface area (Å²) in [6, 6.07) is 3.02. The maximum absolute atomic E-state index is 11.3. The van der Waals surface area contributed by atoms with E-state index < -0.39 is 12.1 Å². The Morgan fingerprint density at radius 1 is 1.56 bits per heavy atom. The number of ketones is 1. The van der Waals surface area contributed by atoms with Gasteiger partial charge in [-0.1, -0.05) is 6.07 Å². The van der Waals surface area contributed by atoms with Crippen LogP contribution in [-0.2, 0) is 4.79 Å². The molecule has 0 bridgehead atoms. The molecule has 5 heteroatoms. The van der Waals surface area contributed by atoms with Crippen molar-refractivity contribution in [1.29, 1.82) is 0 Å². The lowest BCUT2D eigenvalue weighted by Gasteiger charge is -2.28. The summed E-state index contributed by atoms with van der Waals surface area (Å²) in [5, 5.41) is 9.00. The SMILES string of the molecule is O=C1C=CN(C(=O)O)C(c2cccnc2)C1. The van der Waals surface area contributed by atoms with Gasteiger partial charge in [0.1, 0.15) is 0 Å². The number of carboxylic acid groups (broad SMARTS) is 1. The van der Waals surface area contributed by atoms with Crippen LogP contribution in [0, 0.1) is 0 Å². The van der Waals surface area contributed by atoms with Crippen LogP contribution in [0.15, 0.2) is 36.8 Å². The van der Waals surface area contributed by atoms with Gasteiger partial charge >= 0.3 is 6.09 Å². The van der Waals surface area contributed by atoms with Crippen LogP contribution in [0.4, 0.5) is 4.79 Å². The Kier molecular flexibility index (Phi) is 2.68. The normalized spacial score (nSPS) is 19.9. The molecule has 0 saturated heterocycles. The van der Waals surface area contributed by atoms with Crippen LogP contribution in [-0.4, -0.2) is 26.9 Å². The predicted molar refractivity (Wildman–Crippen MR) is 55.6 cm³/mol. The summed E-state index contributed by atoms with van der Waals surface area (Å²) in [5.41, 5.74) is 0.725. The van der Waals surface area contributed by atoms with Crippen molar-refractivity contribution in [1.82, 2.24) is 9.88 Å². The highest BCUT2D eigenvalue weighted by Gasteiger charge is 2.28. The highest BCUT2D eigenvalue weighted by molar-refractivity contribution is 5.92. The van der Waals surface area contributed by atoms with Crippen LogP contribution in [0.2, 0.25) is 0 Å². The standard InChI is InChI=1S/C11H10N2O3/c14-9-3-5-13(11(15)16)10(6-9)8-2-1-4-12-7-8/h1-5,7,10H,6H2,(H,15,16). The van der Waals surface area contributed by atoms with E-state index >= 15 is 0 Å². The van der Waals surface area contributed by atoms with Crippen LogP contribution in [0.1, 0.15) is 18.0 Å². The van der Waals surface area contributed by atoms with Gasteiger partial charge in [-0.25, -0.2) is 4.79 Å². The van der Waals surface area contributed by atoms with Crippen LogP contribution < -0.4 is 0 Å². The van der Waals surface area contributed by atoms with Gasteiger partial charge in [-0.15, -0.1) is 0 Å². The summed E-state index contributed by atoms with van der Waals surface area (Å²) >= 11 is 0. The quantitative estimate of drug-likeness (QED) is 0.777. The minimum atomic E-state index is -1.07. The van der Waals surface area contributed by atoms with Crippen LogP contribution in [0.25, 0.3) is 0 Å². The lowest BCUT2D eigenvalue weighted by molar-refractivity contribution is -0.116. The number of hydrogen-bond donors (Lipinski definition) is 1. The highest BCUT2D eigenvalue weighted by atomic mass is 16.4. The molecule has 1 aliphatic heterocycles. The fourth-order valence-corrected chi connectivity index (χ4v) is 1.67. The molecule has 5 nitrogen and oxygen atoms in total. The average molecular weight is 218 g/mol. The third-order valence-electron chi connectivity index (χ3n) is 2.44. The number of carbonyl (C=O) groups is 2. The van der Waals surface area contributed by atoms with Crippen molar-refractivity contribution >= 4 is 11.9 Å². The van der Waals surface area contributed by atoms with Crippen LogP contribution >= 0.6 is 0 Å². The molecule has 0 aliphatic carbocycles. The second-order valence-corrected chi connectivity index (χ2v) is 3.48. The second kappa shape index (κ2) is 4.14. The van der Waals surface area contributed by atoms with Gasteiger partial charge in [0.25, 0.3) is 0 Å². The number of rotatable bonds is 1. The molecule has 1 atom stereocenters. The Balaban J connectivity index is 2.34. The number of aromatic nitrogens is 1. The molecule has 1 unspecified atom stereocenters. The summed E-state index contributed by atoms with van der Waals surface area (Å²) in [6.45, 7) is 0. The Bertz CT molecular complexity index is 442. The van der Waals surface area contributed by atoms with Gasteiger partial charge in [0.2, 0.25) is 0 Å². The number of hydrogen-bond acceptors (Lipinski definition) is 3. The molecule has 1 aromatic heterocycles. The number of amides is 1. The van der Waals surface area contributed by atoms with E-state index in [0.717, 1.165) is 10.5 Å². The van der Waals surface area contributed by atoms with Crippen molar-refractivity contribution < 1.29 is 14.7 Å². The van der Waals surface area contributed by atoms with E-state index in [1.54, 1.807) is 24.5 Å². The predicted octanol–water partition coefficient (Wildman–Crippen LogP) is 1.59. The smallest absolute Gasteiger partial charge is 0.411 e. The van der Waals surface area contributed by atoms with Crippen molar-refractivity contribution in [3.8, 4) is 0 Å². The summed E-state index contributed by atoms with van der Waals surface area (Å²) in [6.07, 6.45) is 4.85. The number of nitrogens with zero attached hydrogens (tertiary/aromatic N) is 2. The Hall–Kier alpha value is -2.17. The topological polar surface area (TPSA) is 70.5 Å². The van der Waals surface area contributed by atoms with E-state index in [1.807, 2.05) is 0 Å². The van der Waals surface area contributed by atoms with Gasteiger partial charge in [-0.05, 0) is 17.7 Å². The minimum Gasteiger partial charge on any atom is -0.465 e. The largest absolute Gasteiger partial charge is 0.465 e. The van der Waals surface area contributed by atoms with Crippen LogP contribution in [0.3, 0.4) is 0 Å². The maximum Gasteiger partial charge on any atom is 0.411 e. The maximum atomic E-state index is 11.3. The minimum absolute atomic E-state index is 0.0775. The van der Waals surface area contributed by atoms with E-state index in [2.05, 4.69) is 4.98 Å². The molecular weight excluding hydrogens is 208 g/mol. The monoisotopic (exact) mass is 218 g/mol. The molecule has 2 rings (SSSR count). The zero-order valence-corrected chi connectivity index (χ0v) is 8.41. The molecule has 1 aliphatic rings. The molecule has 1 N–H and O–H groups in total. The molecule has 1 amide bonds. The van der Waals surface area contributed by atoms with E-state index in [4.69, 9.17) is 5.11 Å². The zero-order valence-electron chi connectivity index (χ0n) is 8.41. The molecule has 0 fully saturated rings. The zero-order chi connectivity index (χ0) is 11.5. The van der Waals surface area contributed by atoms with Crippen LogP contribution in [0.5, 0.6) is 0 Å². The third-order valence-corrected chi connectivity index (χ3v) is 2.44. The summed E-state index contributed by atoms with van der Waals surface area (Å²) in [4.78, 5) is 27.3. The fraction of sp³-hybridized carbons (Fsp3) is 0.182. The van der Waals surface area contributed by atoms with E-state index in [-0.39, 0.29) is 12.2 Å². The van der Waals surface area contributed by atoms with Crippen molar-refractivity contribution in [2.75, 3.05) is 0 Å². The first kappa shape index (κ1) is 10.4. The molecule has 1 aromatic rings. The summed E-state index contributed by atoms with van der Waals surface area (Å²) in [7, 11) is 0. The Morgan fingerprint density at radius 2 is 2.38 bits per heavy atom. The fourth-order valence-electron chi connectivity index (χ4n) is 1.67. The van der Waals surface area contributed by atoms with Crippen molar-refractivity contribution in [2.24, 2.45) is 0 Å². The average Bonchev–Trinajstić information content (AvgIpc) is 2.29. The number of carbonyl (C=O) groups excluding carboxylic acids is 1. The van der Waals surface area contributed by atoms with Gasteiger partial charge in [0.05, 0.1) is 6.04 Å².